The van der Waals surface area contributed by atoms with Gasteiger partial charge in [-0.3, -0.25) is 0 Å². The second-order valence-electron chi connectivity index (χ2n) is 7.12. The summed E-state index contributed by atoms with van der Waals surface area (Å²) in [6.07, 6.45) is 3.71. The van der Waals surface area contributed by atoms with Crippen molar-refractivity contribution in [2.24, 2.45) is 0 Å². The first kappa shape index (κ1) is 21.6. The Morgan fingerprint density at radius 1 is 0.467 bits per heavy atom. The zero-order valence-corrected chi connectivity index (χ0v) is 18.2. The zero-order chi connectivity index (χ0) is 21.3. The van der Waals surface area contributed by atoms with Gasteiger partial charge < -0.3 is 18.9 Å². The van der Waals surface area contributed by atoms with Gasteiger partial charge >= 0.3 is 0 Å². The van der Waals surface area contributed by atoms with E-state index in [-0.39, 0.29) is 0 Å². The Morgan fingerprint density at radius 2 is 0.867 bits per heavy atom. The van der Waals surface area contributed by atoms with Crippen LogP contribution in [0.1, 0.15) is 22.3 Å². The van der Waals surface area contributed by atoms with Gasteiger partial charge in [0.2, 0.25) is 0 Å². The lowest BCUT2D eigenvalue weighted by Crippen LogP contribution is -1.99. The van der Waals surface area contributed by atoms with Crippen LogP contribution in [0.4, 0.5) is 0 Å². The minimum Gasteiger partial charge on any atom is -0.493 e. The predicted molar refractivity (Wildman–Crippen MR) is 120 cm³/mol. The third-order valence-electron chi connectivity index (χ3n) is 5.36. The van der Waals surface area contributed by atoms with Crippen LogP contribution < -0.4 is 18.9 Å². The highest BCUT2D eigenvalue weighted by molar-refractivity contribution is 5.48. The molecule has 0 heterocycles. The molecule has 0 aliphatic carbocycles. The van der Waals surface area contributed by atoms with E-state index in [2.05, 4.69) is 36.4 Å². The molecule has 0 aliphatic rings. The molecule has 0 N–H and O–H groups in total. The summed E-state index contributed by atoms with van der Waals surface area (Å²) in [5.74, 6) is 3.20. The largest absolute Gasteiger partial charge is 0.493 e. The van der Waals surface area contributed by atoms with E-state index >= 15 is 0 Å². The normalized spacial score (nSPS) is 10.5. The molecule has 0 saturated carbocycles. The Bertz CT molecular complexity index is 869. The first-order chi connectivity index (χ1) is 14.7. The Morgan fingerprint density at radius 3 is 1.20 bits per heavy atom. The van der Waals surface area contributed by atoms with Gasteiger partial charge in [-0.2, -0.15) is 0 Å². The van der Waals surface area contributed by atoms with Gasteiger partial charge in [-0.1, -0.05) is 48.5 Å². The molecule has 0 unspecified atom stereocenters. The molecule has 0 spiro atoms. The van der Waals surface area contributed by atoms with Crippen molar-refractivity contribution in [1.29, 1.82) is 0 Å². The van der Waals surface area contributed by atoms with Gasteiger partial charge in [-0.25, -0.2) is 0 Å². The number of methoxy groups -OCH3 is 4. The van der Waals surface area contributed by atoms with Gasteiger partial charge in [0, 0.05) is 0 Å². The first-order valence-corrected chi connectivity index (χ1v) is 10.2. The smallest absolute Gasteiger partial charge is 0.163 e. The highest BCUT2D eigenvalue weighted by atomic mass is 16.5. The number of aryl methyl sites for hydroxylation is 4. The van der Waals surface area contributed by atoms with Gasteiger partial charge in [0.25, 0.3) is 0 Å². The van der Waals surface area contributed by atoms with Crippen molar-refractivity contribution in [3.05, 3.63) is 82.9 Å². The molecule has 3 rings (SSSR count). The molecule has 30 heavy (non-hydrogen) atoms. The lowest BCUT2D eigenvalue weighted by Gasteiger charge is -2.13. The van der Waals surface area contributed by atoms with E-state index in [1.807, 2.05) is 24.3 Å². The molecule has 0 atom stereocenters. The van der Waals surface area contributed by atoms with Crippen LogP contribution >= 0.6 is 0 Å². The molecule has 0 aliphatic heterocycles. The fourth-order valence-electron chi connectivity index (χ4n) is 3.73. The highest BCUT2D eigenvalue weighted by Crippen LogP contribution is 2.32. The van der Waals surface area contributed by atoms with Crippen molar-refractivity contribution >= 4 is 0 Å². The molecule has 4 heteroatoms. The third-order valence-corrected chi connectivity index (χ3v) is 5.36. The number of hydrogen-bond donors (Lipinski definition) is 0. The van der Waals surface area contributed by atoms with Crippen LogP contribution in [0.25, 0.3) is 0 Å². The van der Waals surface area contributed by atoms with Crippen molar-refractivity contribution < 1.29 is 18.9 Å². The number of ether oxygens (including phenoxy) is 4. The fourth-order valence-corrected chi connectivity index (χ4v) is 3.73. The number of benzene rings is 3. The van der Waals surface area contributed by atoms with Crippen LogP contribution in [0, 0.1) is 0 Å². The molecule has 0 fully saturated rings. The maximum atomic E-state index is 5.54. The van der Waals surface area contributed by atoms with E-state index in [1.54, 1.807) is 28.4 Å². The van der Waals surface area contributed by atoms with Gasteiger partial charge in [0.1, 0.15) is 0 Å². The Balaban J connectivity index is 1.61. The molecule has 0 amide bonds. The summed E-state index contributed by atoms with van der Waals surface area (Å²) < 4.78 is 21.9. The van der Waals surface area contributed by atoms with Crippen LogP contribution in [0.15, 0.2) is 60.7 Å². The SMILES string of the molecule is COc1cccc(CCc2ccc(CCc3cccc(OC)c3OC)cc2)c1OC. The van der Waals surface area contributed by atoms with Crippen LogP contribution in [-0.4, -0.2) is 28.4 Å². The summed E-state index contributed by atoms with van der Waals surface area (Å²) >= 11 is 0. The van der Waals surface area contributed by atoms with E-state index in [9.17, 15) is 0 Å². The molecule has 4 nitrogen and oxygen atoms in total. The number of rotatable bonds is 10. The summed E-state index contributed by atoms with van der Waals surface area (Å²) in [6.45, 7) is 0. The molecule has 3 aromatic rings. The van der Waals surface area contributed by atoms with Crippen LogP contribution in [0.5, 0.6) is 23.0 Å². The molecule has 3 aromatic carbocycles. The molecule has 0 radical (unpaired) electrons. The second-order valence-corrected chi connectivity index (χ2v) is 7.12. The average Bonchev–Trinajstić information content (AvgIpc) is 2.81. The minimum atomic E-state index is 0.776. The molecular formula is C26H30O4. The van der Waals surface area contributed by atoms with Gasteiger partial charge in [0.15, 0.2) is 23.0 Å². The fraction of sp³-hybridized carbons (Fsp3) is 0.308. The van der Waals surface area contributed by atoms with E-state index < -0.39 is 0 Å². The van der Waals surface area contributed by atoms with E-state index in [1.165, 1.54) is 11.1 Å². The van der Waals surface area contributed by atoms with E-state index in [0.717, 1.165) is 59.8 Å². The number of para-hydroxylation sites is 2. The maximum Gasteiger partial charge on any atom is 0.163 e. The number of hydrogen-bond acceptors (Lipinski definition) is 4. The maximum absolute atomic E-state index is 5.54. The van der Waals surface area contributed by atoms with Crippen LogP contribution in [0.2, 0.25) is 0 Å². The summed E-state index contributed by atoms with van der Waals surface area (Å²) in [5.41, 5.74) is 4.93. The van der Waals surface area contributed by atoms with Gasteiger partial charge in [-0.05, 0) is 60.1 Å². The van der Waals surface area contributed by atoms with Crippen LogP contribution in [-0.2, 0) is 25.7 Å². The van der Waals surface area contributed by atoms with E-state index in [0.29, 0.717) is 0 Å². The molecule has 158 valence electrons. The lowest BCUT2D eigenvalue weighted by molar-refractivity contribution is 0.351. The van der Waals surface area contributed by atoms with Crippen molar-refractivity contribution in [3.8, 4) is 23.0 Å². The summed E-state index contributed by atoms with van der Waals surface area (Å²) in [6, 6.07) is 20.9. The minimum absolute atomic E-state index is 0.776. The second kappa shape index (κ2) is 10.6. The average molecular weight is 407 g/mol. The molecular weight excluding hydrogens is 376 g/mol. The topological polar surface area (TPSA) is 36.9 Å². The van der Waals surface area contributed by atoms with Gasteiger partial charge in [0.05, 0.1) is 28.4 Å². The summed E-state index contributed by atoms with van der Waals surface area (Å²) in [5, 5.41) is 0. The van der Waals surface area contributed by atoms with Crippen molar-refractivity contribution in [2.45, 2.75) is 25.7 Å². The summed E-state index contributed by atoms with van der Waals surface area (Å²) in [7, 11) is 6.71. The molecule has 0 aromatic heterocycles. The Labute approximate surface area is 179 Å². The van der Waals surface area contributed by atoms with E-state index in [4.69, 9.17) is 18.9 Å². The van der Waals surface area contributed by atoms with Crippen LogP contribution in [0.3, 0.4) is 0 Å². The van der Waals surface area contributed by atoms with Crippen molar-refractivity contribution in [1.82, 2.24) is 0 Å². The Hall–Kier alpha value is -3.14. The molecule has 0 bridgehead atoms. The van der Waals surface area contributed by atoms with Crippen molar-refractivity contribution in [2.75, 3.05) is 28.4 Å². The zero-order valence-electron chi connectivity index (χ0n) is 18.2. The summed E-state index contributed by atoms with van der Waals surface area (Å²) in [4.78, 5) is 0. The Kier molecular flexibility index (Phi) is 7.61. The monoisotopic (exact) mass is 406 g/mol. The molecule has 0 saturated heterocycles. The van der Waals surface area contributed by atoms with Crippen molar-refractivity contribution in [3.63, 3.8) is 0 Å². The van der Waals surface area contributed by atoms with Gasteiger partial charge in [-0.15, -0.1) is 0 Å². The standard InChI is InChI=1S/C26H30O4/c1-27-23-9-5-7-21(25(23)29-3)17-15-19-11-13-20(14-12-19)16-18-22-8-6-10-24(28-2)26(22)30-4/h5-14H,15-18H2,1-4H3. The quantitative estimate of drug-likeness (QED) is 0.458. The first-order valence-electron chi connectivity index (χ1n) is 10.2. The third kappa shape index (κ3) is 5.07. The highest BCUT2D eigenvalue weighted by Gasteiger charge is 2.11. The lowest BCUT2D eigenvalue weighted by atomic mass is 9.99. The predicted octanol–water partition coefficient (Wildman–Crippen LogP) is 5.29.